The maximum absolute atomic E-state index is 13.0. The number of nitrogens with zero attached hydrogens (tertiary/aromatic N) is 1. The summed E-state index contributed by atoms with van der Waals surface area (Å²) in [5.74, 6) is 0.257. The number of nitrogens with one attached hydrogen (secondary N) is 1. The SMILES string of the molecule is CC(C)(C)OC(=O)N(Cc1ccccc1)[C@H]1CNC[C@H]1c1ccccc1. The second-order valence-corrected chi connectivity index (χ2v) is 7.84. The smallest absolute Gasteiger partial charge is 0.410 e. The van der Waals surface area contributed by atoms with Crippen molar-refractivity contribution in [3.63, 3.8) is 0 Å². The second kappa shape index (κ2) is 7.92. The molecule has 1 heterocycles. The highest BCUT2D eigenvalue weighted by molar-refractivity contribution is 5.69. The van der Waals surface area contributed by atoms with Crippen molar-refractivity contribution < 1.29 is 9.53 Å². The van der Waals surface area contributed by atoms with E-state index >= 15 is 0 Å². The van der Waals surface area contributed by atoms with E-state index < -0.39 is 5.60 Å². The Morgan fingerprint density at radius 2 is 1.65 bits per heavy atom. The summed E-state index contributed by atoms with van der Waals surface area (Å²) < 4.78 is 5.73. The molecule has 1 fully saturated rings. The zero-order valence-electron chi connectivity index (χ0n) is 15.8. The van der Waals surface area contributed by atoms with Crippen LogP contribution in [0.15, 0.2) is 60.7 Å². The van der Waals surface area contributed by atoms with Crippen LogP contribution in [0.25, 0.3) is 0 Å². The first kappa shape index (κ1) is 18.5. The second-order valence-electron chi connectivity index (χ2n) is 7.84. The largest absolute Gasteiger partial charge is 0.444 e. The van der Waals surface area contributed by atoms with Gasteiger partial charge in [0.25, 0.3) is 0 Å². The summed E-state index contributed by atoms with van der Waals surface area (Å²) in [6, 6.07) is 20.6. The van der Waals surface area contributed by atoms with E-state index in [0.29, 0.717) is 6.54 Å². The van der Waals surface area contributed by atoms with E-state index in [9.17, 15) is 4.79 Å². The number of hydrogen-bond acceptors (Lipinski definition) is 3. The first-order valence-electron chi connectivity index (χ1n) is 9.23. The van der Waals surface area contributed by atoms with E-state index in [1.807, 2.05) is 49.9 Å². The number of carbonyl (C=O) groups is 1. The highest BCUT2D eigenvalue weighted by atomic mass is 16.6. The number of benzene rings is 2. The van der Waals surface area contributed by atoms with Crippen molar-refractivity contribution in [1.29, 1.82) is 0 Å². The van der Waals surface area contributed by atoms with Crippen LogP contribution >= 0.6 is 0 Å². The van der Waals surface area contributed by atoms with Gasteiger partial charge in [-0.15, -0.1) is 0 Å². The minimum absolute atomic E-state index is 0.0625. The monoisotopic (exact) mass is 352 g/mol. The van der Waals surface area contributed by atoms with Gasteiger partial charge in [0.05, 0.1) is 6.04 Å². The summed E-state index contributed by atoms with van der Waals surface area (Å²) in [4.78, 5) is 14.9. The fourth-order valence-electron chi connectivity index (χ4n) is 3.45. The third-order valence-corrected chi connectivity index (χ3v) is 4.63. The number of hydrogen-bond donors (Lipinski definition) is 1. The van der Waals surface area contributed by atoms with Gasteiger partial charge in [-0.3, -0.25) is 4.90 Å². The van der Waals surface area contributed by atoms with E-state index in [-0.39, 0.29) is 18.1 Å². The molecule has 4 heteroatoms. The van der Waals surface area contributed by atoms with Gasteiger partial charge in [0, 0.05) is 25.6 Å². The maximum atomic E-state index is 13.0. The molecule has 0 unspecified atom stereocenters. The topological polar surface area (TPSA) is 41.6 Å². The third-order valence-electron chi connectivity index (χ3n) is 4.63. The predicted molar refractivity (Wildman–Crippen MR) is 104 cm³/mol. The Kier molecular flexibility index (Phi) is 5.62. The molecule has 0 radical (unpaired) electrons. The van der Waals surface area contributed by atoms with Crippen LogP contribution in [0.2, 0.25) is 0 Å². The van der Waals surface area contributed by atoms with Crippen LogP contribution in [0, 0.1) is 0 Å². The van der Waals surface area contributed by atoms with E-state index in [0.717, 1.165) is 18.7 Å². The third kappa shape index (κ3) is 4.64. The molecule has 1 aliphatic heterocycles. The Bertz CT molecular complexity index is 710. The van der Waals surface area contributed by atoms with Gasteiger partial charge in [0.15, 0.2) is 0 Å². The summed E-state index contributed by atoms with van der Waals surface area (Å²) in [5.41, 5.74) is 1.85. The molecule has 0 bridgehead atoms. The van der Waals surface area contributed by atoms with Crippen LogP contribution in [0.5, 0.6) is 0 Å². The summed E-state index contributed by atoms with van der Waals surface area (Å²) in [7, 11) is 0. The fraction of sp³-hybridized carbons (Fsp3) is 0.409. The van der Waals surface area contributed by atoms with Gasteiger partial charge >= 0.3 is 6.09 Å². The first-order valence-corrected chi connectivity index (χ1v) is 9.23. The van der Waals surface area contributed by atoms with Crippen molar-refractivity contribution in [3.8, 4) is 0 Å². The maximum Gasteiger partial charge on any atom is 0.410 e. The summed E-state index contributed by atoms with van der Waals surface area (Å²) in [6.07, 6.45) is -0.254. The van der Waals surface area contributed by atoms with Gasteiger partial charge < -0.3 is 10.1 Å². The van der Waals surface area contributed by atoms with E-state index in [1.165, 1.54) is 5.56 Å². The Morgan fingerprint density at radius 3 is 2.27 bits per heavy atom. The standard InChI is InChI=1S/C22H28N2O2/c1-22(2,3)26-21(25)24(16-17-10-6-4-7-11-17)20-15-23-14-19(20)18-12-8-5-9-13-18/h4-13,19-20,23H,14-16H2,1-3H3/t19-,20-/m0/s1. The molecule has 0 aliphatic carbocycles. The molecule has 4 nitrogen and oxygen atoms in total. The molecule has 1 N–H and O–H groups in total. The molecule has 0 spiro atoms. The normalized spacial score (nSPS) is 20.0. The zero-order valence-corrected chi connectivity index (χ0v) is 15.8. The number of amides is 1. The Hall–Kier alpha value is -2.33. The van der Waals surface area contributed by atoms with Crippen LogP contribution in [0.3, 0.4) is 0 Å². The van der Waals surface area contributed by atoms with Crippen molar-refractivity contribution in [2.24, 2.45) is 0 Å². The Morgan fingerprint density at radius 1 is 1.04 bits per heavy atom. The van der Waals surface area contributed by atoms with Crippen LogP contribution in [0.1, 0.15) is 37.8 Å². The molecule has 138 valence electrons. The number of ether oxygens (including phenoxy) is 1. The van der Waals surface area contributed by atoms with Crippen LogP contribution in [0.4, 0.5) is 4.79 Å². The highest BCUT2D eigenvalue weighted by Gasteiger charge is 2.37. The lowest BCUT2D eigenvalue weighted by molar-refractivity contribution is 0.0141. The zero-order chi connectivity index (χ0) is 18.6. The number of rotatable bonds is 4. The highest BCUT2D eigenvalue weighted by Crippen LogP contribution is 2.29. The summed E-state index contributed by atoms with van der Waals surface area (Å²) >= 11 is 0. The molecule has 1 amide bonds. The molecule has 26 heavy (non-hydrogen) atoms. The van der Waals surface area contributed by atoms with Crippen molar-refractivity contribution in [3.05, 3.63) is 71.8 Å². The predicted octanol–water partition coefficient (Wildman–Crippen LogP) is 4.18. The minimum Gasteiger partial charge on any atom is -0.444 e. The first-order chi connectivity index (χ1) is 12.4. The number of carbonyl (C=O) groups excluding carboxylic acids is 1. The lowest BCUT2D eigenvalue weighted by Gasteiger charge is -2.34. The van der Waals surface area contributed by atoms with Gasteiger partial charge in [-0.2, -0.15) is 0 Å². The fourth-order valence-corrected chi connectivity index (χ4v) is 3.45. The van der Waals surface area contributed by atoms with Crippen molar-refractivity contribution in [1.82, 2.24) is 10.2 Å². The molecular formula is C22H28N2O2. The lowest BCUT2D eigenvalue weighted by atomic mass is 9.93. The molecule has 2 aromatic rings. The molecule has 0 aromatic heterocycles. The van der Waals surface area contributed by atoms with Gasteiger partial charge in [0.2, 0.25) is 0 Å². The molecule has 3 rings (SSSR count). The van der Waals surface area contributed by atoms with E-state index in [2.05, 4.69) is 41.7 Å². The average Bonchev–Trinajstić information content (AvgIpc) is 3.09. The Labute approximate surface area is 156 Å². The van der Waals surface area contributed by atoms with E-state index in [1.54, 1.807) is 0 Å². The summed E-state index contributed by atoms with van der Waals surface area (Å²) in [5, 5.41) is 3.46. The van der Waals surface area contributed by atoms with Gasteiger partial charge in [-0.05, 0) is 31.9 Å². The average molecular weight is 352 g/mol. The van der Waals surface area contributed by atoms with Crippen molar-refractivity contribution in [2.45, 2.75) is 44.9 Å². The molecule has 1 aliphatic rings. The molecule has 0 saturated carbocycles. The quantitative estimate of drug-likeness (QED) is 0.897. The van der Waals surface area contributed by atoms with Crippen molar-refractivity contribution in [2.75, 3.05) is 13.1 Å². The Balaban J connectivity index is 1.87. The van der Waals surface area contributed by atoms with Gasteiger partial charge in [-0.25, -0.2) is 4.79 Å². The van der Waals surface area contributed by atoms with E-state index in [4.69, 9.17) is 4.74 Å². The molecule has 2 atom stereocenters. The molecule has 2 aromatic carbocycles. The van der Waals surface area contributed by atoms with Gasteiger partial charge in [0.1, 0.15) is 5.60 Å². The molecular weight excluding hydrogens is 324 g/mol. The van der Waals surface area contributed by atoms with Crippen LogP contribution in [-0.4, -0.2) is 35.7 Å². The van der Waals surface area contributed by atoms with Crippen molar-refractivity contribution >= 4 is 6.09 Å². The van der Waals surface area contributed by atoms with Crippen LogP contribution < -0.4 is 5.32 Å². The van der Waals surface area contributed by atoms with Gasteiger partial charge in [-0.1, -0.05) is 60.7 Å². The molecule has 1 saturated heterocycles. The summed E-state index contributed by atoms with van der Waals surface area (Å²) in [6.45, 7) is 7.91. The minimum atomic E-state index is -0.514. The lowest BCUT2D eigenvalue weighted by Crippen LogP contribution is -2.46. The van der Waals surface area contributed by atoms with Crippen LogP contribution in [-0.2, 0) is 11.3 Å².